The fraction of sp³-hybridized carbons (Fsp3) is 0.647. The summed E-state index contributed by atoms with van der Waals surface area (Å²) in [5, 5.41) is 14.4. The van der Waals surface area contributed by atoms with Gasteiger partial charge in [-0.15, -0.1) is 0 Å². The first-order chi connectivity index (χ1) is 9.48. The van der Waals surface area contributed by atoms with E-state index in [1.54, 1.807) is 0 Å². The molecule has 0 heterocycles. The lowest BCUT2D eigenvalue weighted by Gasteiger charge is -2.48. The van der Waals surface area contributed by atoms with Crippen LogP contribution in [0.5, 0.6) is 0 Å². The third kappa shape index (κ3) is 3.12. The molecule has 2 N–H and O–H groups in total. The topological polar surface area (TPSA) is 32.3 Å². The number of aliphatic hydroxyl groups is 1. The van der Waals surface area contributed by atoms with Gasteiger partial charge in [-0.1, -0.05) is 50.9 Å². The molecule has 3 unspecified atom stereocenters. The Balaban J connectivity index is 2.32. The monoisotopic (exact) mass is 295 g/mol. The highest BCUT2D eigenvalue weighted by atomic mass is 35.5. The summed E-state index contributed by atoms with van der Waals surface area (Å²) in [6, 6.07) is 7.81. The molecule has 1 fully saturated rings. The number of hydrogen-bond acceptors (Lipinski definition) is 2. The zero-order valence-electron chi connectivity index (χ0n) is 12.7. The van der Waals surface area contributed by atoms with Gasteiger partial charge in [0, 0.05) is 0 Å². The normalized spacial score (nSPS) is 30.5. The maximum atomic E-state index is 10.1. The van der Waals surface area contributed by atoms with Crippen molar-refractivity contribution in [1.29, 1.82) is 0 Å². The molecule has 2 nitrogen and oxygen atoms in total. The average Bonchev–Trinajstić information content (AvgIpc) is 2.41. The van der Waals surface area contributed by atoms with Gasteiger partial charge in [0.15, 0.2) is 0 Å². The van der Waals surface area contributed by atoms with Crippen LogP contribution in [0, 0.1) is 17.8 Å². The molecule has 2 rings (SSSR count). The Morgan fingerprint density at radius 2 is 2.05 bits per heavy atom. The molecule has 0 aromatic heterocycles. The highest BCUT2D eigenvalue weighted by molar-refractivity contribution is 6.33. The molecular weight excluding hydrogens is 270 g/mol. The molecule has 1 aliphatic carbocycles. The van der Waals surface area contributed by atoms with Gasteiger partial charge in [-0.2, -0.15) is 0 Å². The van der Waals surface area contributed by atoms with Crippen molar-refractivity contribution in [3.63, 3.8) is 0 Å². The minimum absolute atomic E-state index is 0.158. The van der Waals surface area contributed by atoms with E-state index in [-0.39, 0.29) is 12.1 Å². The summed E-state index contributed by atoms with van der Waals surface area (Å²) in [4.78, 5) is 0. The van der Waals surface area contributed by atoms with Crippen LogP contribution in [0.3, 0.4) is 0 Å². The van der Waals surface area contributed by atoms with Gasteiger partial charge in [0.25, 0.3) is 0 Å². The average molecular weight is 296 g/mol. The van der Waals surface area contributed by atoms with Gasteiger partial charge in [0.2, 0.25) is 0 Å². The summed E-state index contributed by atoms with van der Waals surface area (Å²) in [7, 11) is 0. The van der Waals surface area contributed by atoms with Crippen LogP contribution in [-0.4, -0.2) is 17.3 Å². The number of aliphatic hydroxyl groups excluding tert-OH is 1. The maximum absolute atomic E-state index is 10.1. The van der Waals surface area contributed by atoms with Crippen LogP contribution in [0.4, 0.5) is 5.69 Å². The Labute approximate surface area is 127 Å². The molecule has 0 radical (unpaired) electrons. The zero-order valence-corrected chi connectivity index (χ0v) is 13.5. The van der Waals surface area contributed by atoms with E-state index in [0.717, 1.165) is 23.6 Å². The molecule has 0 spiro atoms. The second kappa shape index (κ2) is 6.36. The number of hydrogen-bond donors (Lipinski definition) is 2. The number of rotatable bonds is 4. The van der Waals surface area contributed by atoms with E-state index in [9.17, 15) is 5.11 Å². The van der Waals surface area contributed by atoms with Gasteiger partial charge in [0.05, 0.1) is 22.9 Å². The van der Waals surface area contributed by atoms with Crippen LogP contribution in [0.25, 0.3) is 0 Å². The lowest BCUT2D eigenvalue weighted by molar-refractivity contribution is 0.0685. The van der Waals surface area contributed by atoms with Crippen molar-refractivity contribution < 1.29 is 5.11 Å². The largest absolute Gasteiger partial charge is 0.394 e. The summed E-state index contributed by atoms with van der Waals surface area (Å²) in [6.07, 6.45) is 3.41. The van der Waals surface area contributed by atoms with E-state index in [1.807, 2.05) is 24.3 Å². The van der Waals surface area contributed by atoms with Gasteiger partial charge >= 0.3 is 0 Å². The maximum Gasteiger partial charge on any atom is 0.0664 e. The third-order valence-corrected chi connectivity index (χ3v) is 5.07. The summed E-state index contributed by atoms with van der Waals surface area (Å²) >= 11 is 6.28. The smallest absolute Gasteiger partial charge is 0.0664 e. The molecule has 1 saturated carbocycles. The summed E-state index contributed by atoms with van der Waals surface area (Å²) in [5.74, 6) is 1.65. The van der Waals surface area contributed by atoms with Crippen LogP contribution in [-0.2, 0) is 0 Å². The molecule has 0 aliphatic heterocycles. The fourth-order valence-electron chi connectivity index (χ4n) is 3.78. The van der Waals surface area contributed by atoms with E-state index in [2.05, 4.69) is 26.1 Å². The molecule has 0 bridgehead atoms. The zero-order chi connectivity index (χ0) is 14.8. The van der Waals surface area contributed by atoms with Crippen molar-refractivity contribution in [3.05, 3.63) is 29.3 Å². The molecule has 0 saturated heterocycles. The van der Waals surface area contributed by atoms with Gasteiger partial charge in [-0.3, -0.25) is 0 Å². The predicted octanol–water partition coefficient (Wildman–Crippen LogP) is 4.58. The molecular formula is C17H26ClNO. The Morgan fingerprint density at radius 3 is 2.65 bits per heavy atom. The predicted molar refractivity (Wildman–Crippen MR) is 86.2 cm³/mol. The van der Waals surface area contributed by atoms with Crippen molar-refractivity contribution in [3.8, 4) is 0 Å². The Morgan fingerprint density at radius 1 is 1.35 bits per heavy atom. The van der Waals surface area contributed by atoms with E-state index in [1.165, 1.54) is 6.42 Å². The van der Waals surface area contributed by atoms with Crippen molar-refractivity contribution in [1.82, 2.24) is 0 Å². The lowest BCUT2D eigenvalue weighted by atomic mass is 9.65. The molecule has 1 aromatic rings. The van der Waals surface area contributed by atoms with Crippen LogP contribution in [0.1, 0.15) is 40.0 Å². The highest BCUT2D eigenvalue weighted by Gasteiger charge is 2.44. The van der Waals surface area contributed by atoms with E-state index >= 15 is 0 Å². The van der Waals surface area contributed by atoms with Crippen LogP contribution in [0.2, 0.25) is 5.02 Å². The summed E-state index contributed by atoms with van der Waals surface area (Å²) < 4.78 is 0. The number of nitrogens with one attached hydrogen (secondary N) is 1. The standard InChI is InChI=1S/C17H26ClNO/c1-12(2)14-9-8-13(3)10-17(14,11-20)19-16-7-5-4-6-15(16)18/h4-7,12-14,19-20H,8-11H2,1-3H3. The highest BCUT2D eigenvalue weighted by Crippen LogP contribution is 2.43. The van der Waals surface area contributed by atoms with Crippen LogP contribution >= 0.6 is 11.6 Å². The SMILES string of the molecule is CC1CCC(C(C)C)C(CO)(Nc2ccccc2Cl)C1. The molecule has 3 atom stereocenters. The van der Waals surface area contributed by atoms with Crippen molar-refractivity contribution in [2.24, 2.45) is 17.8 Å². The first-order valence-corrected chi connectivity index (χ1v) is 8.00. The molecule has 0 amide bonds. The molecule has 112 valence electrons. The van der Waals surface area contributed by atoms with E-state index < -0.39 is 0 Å². The summed E-state index contributed by atoms with van der Waals surface area (Å²) in [6.45, 7) is 6.93. The number of benzene rings is 1. The Bertz CT molecular complexity index is 448. The van der Waals surface area contributed by atoms with Crippen molar-refractivity contribution in [2.75, 3.05) is 11.9 Å². The molecule has 3 heteroatoms. The first kappa shape index (κ1) is 15.7. The fourth-order valence-corrected chi connectivity index (χ4v) is 3.97. The second-order valence-electron chi connectivity index (χ2n) is 6.66. The van der Waals surface area contributed by atoms with Crippen LogP contribution < -0.4 is 5.32 Å². The van der Waals surface area contributed by atoms with E-state index in [4.69, 9.17) is 11.6 Å². The first-order valence-electron chi connectivity index (χ1n) is 7.62. The van der Waals surface area contributed by atoms with Crippen molar-refractivity contribution >= 4 is 17.3 Å². The number of anilines is 1. The lowest BCUT2D eigenvalue weighted by Crippen LogP contribution is -2.54. The van der Waals surface area contributed by atoms with Gasteiger partial charge in [0.1, 0.15) is 0 Å². The Kier molecular flexibility index (Phi) is 4.98. The summed E-state index contributed by atoms with van der Waals surface area (Å²) in [5.41, 5.74) is 0.680. The number of halogens is 1. The van der Waals surface area contributed by atoms with Gasteiger partial charge < -0.3 is 10.4 Å². The second-order valence-corrected chi connectivity index (χ2v) is 7.06. The third-order valence-electron chi connectivity index (χ3n) is 4.74. The minimum atomic E-state index is -0.253. The minimum Gasteiger partial charge on any atom is -0.394 e. The van der Waals surface area contributed by atoms with Gasteiger partial charge in [-0.25, -0.2) is 0 Å². The quantitative estimate of drug-likeness (QED) is 0.852. The molecule has 1 aliphatic rings. The van der Waals surface area contributed by atoms with Gasteiger partial charge in [-0.05, 0) is 42.7 Å². The Hall–Kier alpha value is -0.730. The molecule has 20 heavy (non-hydrogen) atoms. The number of para-hydroxylation sites is 1. The van der Waals surface area contributed by atoms with E-state index in [0.29, 0.717) is 17.8 Å². The van der Waals surface area contributed by atoms with Crippen LogP contribution in [0.15, 0.2) is 24.3 Å². The molecule has 1 aromatic carbocycles. The van der Waals surface area contributed by atoms with Crippen molar-refractivity contribution in [2.45, 2.75) is 45.6 Å².